The molecule has 0 aliphatic rings. The van der Waals surface area contributed by atoms with Crippen molar-refractivity contribution in [2.75, 3.05) is 21.0 Å². The number of benzene rings is 2. The van der Waals surface area contributed by atoms with Crippen LogP contribution < -0.4 is 9.47 Å². The number of fused-ring (bicyclic) bond motifs is 1. The van der Waals surface area contributed by atoms with Gasteiger partial charge in [-0.2, -0.15) is 10.4 Å². The summed E-state index contributed by atoms with van der Waals surface area (Å²) in [4.78, 5) is 0. The summed E-state index contributed by atoms with van der Waals surface area (Å²) in [5.41, 5.74) is 2.07. The van der Waals surface area contributed by atoms with Gasteiger partial charge in [0.1, 0.15) is 28.6 Å². The number of rotatable bonds is 6. The van der Waals surface area contributed by atoms with Crippen LogP contribution in [-0.4, -0.2) is 30.8 Å². The highest BCUT2D eigenvalue weighted by molar-refractivity contribution is 9.10. The zero-order valence-electron chi connectivity index (χ0n) is 13.8. The van der Waals surface area contributed by atoms with Crippen molar-refractivity contribution in [2.24, 2.45) is 0 Å². The van der Waals surface area contributed by atoms with Crippen LogP contribution in [0.25, 0.3) is 10.9 Å². The molecule has 0 atom stereocenters. The number of nitriles is 1. The van der Waals surface area contributed by atoms with E-state index in [1.54, 1.807) is 17.9 Å². The zero-order chi connectivity index (χ0) is 17.8. The predicted octanol–water partition coefficient (Wildman–Crippen LogP) is 3.71. The van der Waals surface area contributed by atoms with E-state index in [4.69, 9.17) is 14.2 Å². The Morgan fingerprint density at radius 3 is 2.64 bits per heavy atom. The van der Waals surface area contributed by atoms with Gasteiger partial charge in [0.05, 0.1) is 13.7 Å². The minimum atomic E-state index is 0.0686. The maximum absolute atomic E-state index is 9.51. The van der Waals surface area contributed by atoms with Crippen molar-refractivity contribution in [1.29, 1.82) is 5.26 Å². The van der Waals surface area contributed by atoms with Gasteiger partial charge in [0.2, 0.25) is 0 Å². The van der Waals surface area contributed by atoms with Gasteiger partial charge in [0.25, 0.3) is 0 Å². The summed E-state index contributed by atoms with van der Waals surface area (Å²) in [5, 5.41) is 14.9. The van der Waals surface area contributed by atoms with Gasteiger partial charge < -0.3 is 14.2 Å². The molecule has 0 bridgehead atoms. The molecule has 0 spiro atoms. The number of aromatic nitrogens is 2. The van der Waals surface area contributed by atoms with E-state index in [1.165, 1.54) is 7.11 Å². The molecule has 25 heavy (non-hydrogen) atoms. The lowest BCUT2D eigenvalue weighted by molar-refractivity contribution is 0.0510. The lowest BCUT2D eigenvalue weighted by atomic mass is 10.1. The summed E-state index contributed by atoms with van der Waals surface area (Å²) in [6.45, 7) is 0.656. The first-order valence-electron chi connectivity index (χ1n) is 7.50. The van der Waals surface area contributed by atoms with Crippen molar-refractivity contribution in [3.63, 3.8) is 0 Å². The van der Waals surface area contributed by atoms with Crippen molar-refractivity contribution >= 4 is 26.8 Å². The number of hydrogen-bond acceptors (Lipinski definition) is 5. The monoisotopic (exact) mass is 401 g/mol. The van der Waals surface area contributed by atoms with Crippen LogP contribution in [0.1, 0.15) is 11.1 Å². The molecule has 0 fully saturated rings. The normalized spacial score (nSPS) is 10.6. The number of ether oxygens (including phenoxy) is 3. The number of methoxy groups -OCH3 is 2. The lowest BCUT2D eigenvalue weighted by Crippen LogP contribution is -2.02. The molecule has 0 radical (unpaired) electrons. The molecular formula is C18H16BrN3O3. The third-order valence-corrected chi connectivity index (χ3v) is 4.36. The molecule has 0 amide bonds. The fraction of sp³-hybridized carbons (Fsp3) is 0.222. The van der Waals surface area contributed by atoms with E-state index in [0.717, 1.165) is 21.2 Å². The second-order valence-electron chi connectivity index (χ2n) is 5.33. The van der Waals surface area contributed by atoms with Gasteiger partial charge >= 0.3 is 0 Å². The minimum absolute atomic E-state index is 0.0686. The first kappa shape index (κ1) is 17.3. The maximum Gasteiger partial charge on any atom is 0.188 e. The zero-order valence-corrected chi connectivity index (χ0v) is 15.4. The van der Waals surface area contributed by atoms with E-state index >= 15 is 0 Å². The largest absolute Gasteiger partial charge is 0.497 e. The highest BCUT2D eigenvalue weighted by Gasteiger charge is 2.16. The van der Waals surface area contributed by atoms with Crippen LogP contribution in [0.15, 0.2) is 41.0 Å². The third-order valence-electron chi connectivity index (χ3n) is 3.71. The highest BCUT2D eigenvalue weighted by atomic mass is 79.9. The van der Waals surface area contributed by atoms with Crippen LogP contribution in [0, 0.1) is 11.3 Å². The van der Waals surface area contributed by atoms with Crippen molar-refractivity contribution in [2.45, 2.75) is 6.54 Å². The Hall–Kier alpha value is -2.56. The fourth-order valence-electron chi connectivity index (χ4n) is 2.51. The van der Waals surface area contributed by atoms with E-state index in [0.29, 0.717) is 23.4 Å². The molecule has 1 aromatic heterocycles. The van der Waals surface area contributed by atoms with Crippen LogP contribution in [0.5, 0.6) is 11.5 Å². The number of nitrogens with zero attached hydrogens (tertiary/aromatic N) is 3. The quantitative estimate of drug-likeness (QED) is 0.588. The Balaban J connectivity index is 1.98. The highest BCUT2D eigenvalue weighted by Crippen LogP contribution is 2.33. The Bertz CT molecular complexity index is 929. The first-order chi connectivity index (χ1) is 12.2. The molecule has 6 nitrogen and oxygen atoms in total. The average molecular weight is 402 g/mol. The van der Waals surface area contributed by atoms with Gasteiger partial charge in [0.15, 0.2) is 6.79 Å². The molecule has 2 aromatic carbocycles. The summed E-state index contributed by atoms with van der Waals surface area (Å²) >= 11 is 3.52. The van der Waals surface area contributed by atoms with Gasteiger partial charge in [-0.25, -0.2) is 0 Å². The van der Waals surface area contributed by atoms with E-state index in [-0.39, 0.29) is 6.79 Å². The SMILES string of the molecule is COCOc1cc(Br)c2cn(Cc3ccc(OC)cc3)nc2c1C#N. The molecule has 7 heteroatoms. The summed E-state index contributed by atoms with van der Waals surface area (Å²) < 4.78 is 18.2. The Kier molecular flexibility index (Phi) is 5.22. The number of halogens is 1. The molecule has 0 N–H and O–H groups in total. The Morgan fingerprint density at radius 1 is 1.24 bits per heavy atom. The third kappa shape index (κ3) is 3.60. The van der Waals surface area contributed by atoms with Gasteiger partial charge in [-0.05, 0) is 39.7 Å². The molecule has 0 unspecified atom stereocenters. The van der Waals surface area contributed by atoms with E-state index < -0.39 is 0 Å². The maximum atomic E-state index is 9.51. The van der Waals surface area contributed by atoms with Gasteiger partial charge in [-0.15, -0.1) is 0 Å². The second kappa shape index (κ2) is 7.55. The second-order valence-corrected chi connectivity index (χ2v) is 6.19. The summed E-state index contributed by atoms with van der Waals surface area (Å²) in [6.07, 6.45) is 1.91. The molecule has 0 aliphatic carbocycles. The van der Waals surface area contributed by atoms with Crippen molar-refractivity contribution in [3.05, 3.63) is 52.1 Å². The van der Waals surface area contributed by atoms with Crippen LogP contribution in [0.3, 0.4) is 0 Å². The molecule has 3 rings (SSSR count). The smallest absolute Gasteiger partial charge is 0.188 e. The summed E-state index contributed by atoms with van der Waals surface area (Å²) in [6, 6.07) is 11.7. The Labute approximate surface area is 153 Å². The molecule has 0 saturated carbocycles. The standard InChI is InChI=1S/C18H16BrN3O3/c1-23-11-25-17-7-16(19)15-10-22(21-18(15)14(17)8-20)9-12-3-5-13(24-2)6-4-12/h3-7,10H,9,11H2,1-2H3. The van der Waals surface area contributed by atoms with Crippen LogP contribution in [0.2, 0.25) is 0 Å². The topological polar surface area (TPSA) is 69.3 Å². The molecule has 0 saturated heterocycles. The van der Waals surface area contributed by atoms with Gasteiger partial charge in [-0.3, -0.25) is 4.68 Å². The summed E-state index contributed by atoms with van der Waals surface area (Å²) in [7, 11) is 3.17. The number of hydrogen-bond donors (Lipinski definition) is 0. The summed E-state index contributed by atoms with van der Waals surface area (Å²) in [5.74, 6) is 1.25. The lowest BCUT2D eigenvalue weighted by Gasteiger charge is -2.07. The van der Waals surface area contributed by atoms with Crippen molar-refractivity contribution in [1.82, 2.24) is 9.78 Å². The van der Waals surface area contributed by atoms with Crippen LogP contribution >= 0.6 is 15.9 Å². The Morgan fingerprint density at radius 2 is 2.00 bits per heavy atom. The van der Waals surface area contributed by atoms with Gasteiger partial charge in [-0.1, -0.05) is 12.1 Å². The van der Waals surface area contributed by atoms with E-state index in [1.807, 2.05) is 30.5 Å². The predicted molar refractivity (Wildman–Crippen MR) is 96.7 cm³/mol. The first-order valence-corrected chi connectivity index (χ1v) is 8.30. The molecular weight excluding hydrogens is 386 g/mol. The van der Waals surface area contributed by atoms with Gasteiger partial charge in [0, 0.05) is 23.2 Å². The molecule has 0 aliphatic heterocycles. The molecule has 128 valence electrons. The van der Waals surface area contributed by atoms with Crippen LogP contribution in [-0.2, 0) is 11.3 Å². The molecule has 3 aromatic rings. The van der Waals surface area contributed by atoms with Crippen molar-refractivity contribution in [3.8, 4) is 17.6 Å². The average Bonchev–Trinajstić information content (AvgIpc) is 3.05. The fourth-order valence-corrected chi connectivity index (χ4v) is 3.00. The van der Waals surface area contributed by atoms with Crippen molar-refractivity contribution < 1.29 is 14.2 Å². The van der Waals surface area contributed by atoms with Crippen LogP contribution in [0.4, 0.5) is 0 Å². The van der Waals surface area contributed by atoms with E-state index in [2.05, 4.69) is 27.1 Å². The minimum Gasteiger partial charge on any atom is -0.497 e. The molecule has 1 heterocycles. The van der Waals surface area contributed by atoms with E-state index in [9.17, 15) is 5.26 Å².